The monoisotopic (exact) mass is 520 g/mol. The van der Waals surface area contributed by atoms with Crippen molar-refractivity contribution in [3.8, 4) is 17.2 Å². The lowest BCUT2D eigenvalue weighted by Crippen LogP contribution is -2.63. The molecular formula is C25H32O10Si. The summed E-state index contributed by atoms with van der Waals surface area (Å²) in [7, 11) is -1.55. The minimum Gasteiger partial charge on any atom is -0.463 e. The first-order valence-corrected chi connectivity index (χ1v) is 14.9. The fourth-order valence-electron chi connectivity index (χ4n) is 3.29. The molecule has 36 heavy (non-hydrogen) atoms. The number of esters is 4. The molecule has 0 N–H and O–H groups in total. The minimum atomic E-state index is -1.55. The van der Waals surface area contributed by atoms with Crippen molar-refractivity contribution in [2.45, 2.75) is 78.0 Å². The van der Waals surface area contributed by atoms with Gasteiger partial charge in [0.2, 0.25) is 12.4 Å². The molecule has 1 aromatic carbocycles. The van der Waals surface area contributed by atoms with Gasteiger partial charge in [-0.25, -0.2) is 0 Å². The SMILES string of the molecule is CC(=O)OC[C@H]1O[C@H](Oc2ccc(C#C[Si](C)(C)C)cc2)[C@@H](OC(C)=O)[C@@H](OC(C)=O)[C@@H]1OC(C)=O. The number of carbonyl (C=O) groups excluding carboxylic acids is 4. The van der Waals surface area contributed by atoms with Crippen LogP contribution in [0.1, 0.15) is 33.3 Å². The van der Waals surface area contributed by atoms with Gasteiger partial charge in [0.05, 0.1) is 0 Å². The Morgan fingerprint density at radius 1 is 0.806 bits per heavy atom. The fourth-order valence-corrected chi connectivity index (χ4v) is 3.81. The summed E-state index contributed by atoms with van der Waals surface area (Å²) in [5.41, 5.74) is 4.07. The fraction of sp³-hybridized carbons (Fsp3) is 0.520. The van der Waals surface area contributed by atoms with Crippen molar-refractivity contribution < 1.29 is 47.6 Å². The van der Waals surface area contributed by atoms with E-state index in [-0.39, 0.29) is 6.61 Å². The Morgan fingerprint density at radius 3 is 1.83 bits per heavy atom. The van der Waals surface area contributed by atoms with Crippen molar-refractivity contribution in [2.24, 2.45) is 0 Å². The molecule has 0 saturated carbocycles. The van der Waals surface area contributed by atoms with E-state index < -0.39 is 62.7 Å². The van der Waals surface area contributed by atoms with Crippen LogP contribution in [0.4, 0.5) is 0 Å². The molecule has 196 valence electrons. The molecule has 0 spiro atoms. The Bertz CT molecular complexity index is 1020. The molecule has 5 atom stereocenters. The third kappa shape index (κ3) is 9.35. The van der Waals surface area contributed by atoms with E-state index in [4.69, 9.17) is 28.4 Å². The van der Waals surface area contributed by atoms with E-state index >= 15 is 0 Å². The van der Waals surface area contributed by atoms with Crippen LogP contribution in [0, 0.1) is 11.5 Å². The van der Waals surface area contributed by atoms with Crippen molar-refractivity contribution in [3.05, 3.63) is 29.8 Å². The second kappa shape index (κ2) is 12.6. The zero-order valence-corrected chi connectivity index (χ0v) is 22.5. The average molecular weight is 521 g/mol. The van der Waals surface area contributed by atoms with E-state index in [0.717, 1.165) is 19.4 Å². The van der Waals surface area contributed by atoms with Crippen molar-refractivity contribution in [1.29, 1.82) is 0 Å². The molecule has 1 heterocycles. The molecular weight excluding hydrogens is 488 g/mol. The maximum atomic E-state index is 11.9. The number of hydrogen-bond acceptors (Lipinski definition) is 10. The van der Waals surface area contributed by atoms with E-state index in [1.807, 2.05) is 0 Å². The van der Waals surface area contributed by atoms with Gasteiger partial charge in [-0.05, 0) is 24.3 Å². The van der Waals surface area contributed by atoms with Crippen LogP contribution in [0.3, 0.4) is 0 Å². The first kappa shape index (κ1) is 28.9. The maximum absolute atomic E-state index is 11.9. The largest absolute Gasteiger partial charge is 0.463 e. The lowest BCUT2D eigenvalue weighted by atomic mass is 9.98. The van der Waals surface area contributed by atoms with E-state index in [1.165, 1.54) is 13.8 Å². The highest BCUT2D eigenvalue weighted by Gasteiger charge is 2.53. The predicted molar refractivity (Wildman–Crippen MR) is 129 cm³/mol. The number of benzene rings is 1. The molecule has 1 saturated heterocycles. The summed E-state index contributed by atoms with van der Waals surface area (Å²) in [6, 6.07) is 6.88. The summed E-state index contributed by atoms with van der Waals surface area (Å²) in [6.45, 7) is 10.8. The van der Waals surface area contributed by atoms with E-state index in [0.29, 0.717) is 5.75 Å². The van der Waals surface area contributed by atoms with Gasteiger partial charge in [-0.2, -0.15) is 0 Å². The van der Waals surface area contributed by atoms with Crippen molar-refractivity contribution in [1.82, 2.24) is 0 Å². The second-order valence-corrected chi connectivity index (χ2v) is 14.0. The average Bonchev–Trinajstić information content (AvgIpc) is 2.74. The standard InChI is InChI=1S/C25H32O10Si/c1-15(26)30-14-21-22(31-16(2)27)23(32-17(3)28)24(33-18(4)29)25(35-21)34-20-10-8-19(9-11-20)12-13-36(5,6)7/h8-11,21-25H,14H2,1-7H3/t21-,22-,23+,24+,25+/m1/s1. The highest BCUT2D eigenvalue weighted by atomic mass is 28.3. The lowest BCUT2D eigenvalue weighted by Gasteiger charge is -2.43. The second-order valence-electron chi connectivity index (χ2n) is 9.21. The molecule has 0 aromatic heterocycles. The molecule has 1 fully saturated rings. The topological polar surface area (TPSA) is 124 Å². The Labute approximate surface area is 211 Å². The van der Waals surface area contributed by atoms with Gasteiger partial charge in [-0.1, -0.05) is 25.6 Å². The summed E-state index contributed by atoms with van der Waals surface area (Å²) in [6.07, 6.45) is -6.20. The number of ether oxygens (including phenoxy) is 6. The number of carbonyl (C=O) groups is 4. The van der Waals surface area contributed by atoms with Gasteiger partial charge < -0.3 is 28.4 Å². The summed E-state index contributed by atoms with van der Waals surface area (Å²) in [5.74, 6) is 0.773. The number of rotatable bonds is 7. The van der Waals surface area contributed by atoms with Crippen LogP contribution < -0.4 is 4.74 Å². The third-order valence-corrected chi connectivity index (χ3v) is 5.51. The minimum absolute atomic E-state index is 0.330. The van der Waals surface area contributed by atoms with Gasteiger partial charge in [0.1, 0.15) is 26.5 Å². The van der Waals surface area contributed by atoms with Crippen LogP contribution in [0.2, 0.25) is 19.6 Å². The molecule has 1 aliphatic rings. The van der Waals surface area contributed by atoms with Gasteiger partial charge in [0, 0.05) is 33.3 Å². The van der Waals surface area contributed by atoms with Crippen LogP contribution in [0.25, 0.3) is 0 Å². The Morgan fingerprint density at radius 2 is 1.33 bits per heavy atom. The molecule has 11 heteroatoms. The first-order valence-electron chi connectivity index (χ1n) is 11.4. The lowest BCUT2D eigenvalue weighted by molar-refractivity contribution is -0.288. The van der Waals surface area contributed by atoms with Gasteiger partial charge in [-0.3, -0.25) is 19.2 Å². The molecule has 0 unspecified atom stereocenters. The van der Waals surface area contributed by atoms with E-state index in [1.54, 1.807) is 24.3 Å². The summed E-state index contributed by atoms with van der Waals surface area (Å²) in [5, 5.41) is 0. The normalized spacial score (nSPS) is 23.4. The van der Waals surface area contributed by atoms with Gasteiger partial charge in [0.25, 0.3) is 0 Å². The molecule has 0 bridgehead atoms. The Hall–Kier alpha value is -3.36. The predicted octanol–water partition coefficient (Wildman–Crippen LogP) is 2.38. The smallest absolute Gasteiger partial charge is 0.303 e. The quantitative estimate of drug-likeness (QED) is 0.229. The van der Waals surface area contributed by atoms with Crippen molar-refractivity contribution in [2.75, 3.05) is 6.61 Å². The maximum Gasteiger partial charge on any atom is 0.303 e. The van der Waals surface area contributed by atoms with Crippen LogP contribution in [-0.4, -0.2) is 69.3 Å². The zero-order valence-electron chi connectivity index (χ0n) is 21.5. The van der Waals surface area contributed by atoms with Gasteiger partial charge >= 0.3 is 23.9 Å². The van der Waals surface area contributed by atoms with Gasteiger partial charge in [-0.15, -0.1) is 5.54 Å². The first-order chi connectivity index (χ1) is 16.7. The highest BCUT2D eigenvalue weighted by molar-refractivity contribution is 6.83. The molecule has 10 nitrogen and oxygen atoms in total. The molecule has 1 aliphatic heterocycles. The highest BCUT2D eigenvalue weighted by Crippen LogP contribution is 2.31. The van der Waals surface area contributed by atoms with Crippen LogP contribution in [-0.2, 0) is 42.9 Å². The Balaban J connectivity index is 2.40. The number of hydrogen-bond donors (Lipinski definition) is 0. The van der Waals surface area contributed by atoms with E-state index in [2.05, 4.69) is 31.1 Å². The van der Waals surface area contributed by atoms with Gasteiger partial charge in [0.15, 0.2) is 12.2 Å². The van der Waals surface area contributed by atoms with E-state index in [9.17, 15) is 19.2 Å². The zero-order chi connectivity index (χ0) is 27.0. The summed E-state index contributed by atoms with van der Waals surface area (Å²) >= 11 is 0. The van der Waals surface area contributed by atoms with Crippen molar-refractivity contribution >= 4 is 32.0 Å². The Kier molecular flexibility index (Phi) is 10.1. The molecule has 0 amide bonds. The third-order valence-electron chi connectivity index (χ3n) is 4.64. The van der Waals surface area contributed by atoms with Crippen LogP contribution >= 0.6 is 0 Å². The molecule has 0 aliphatic carbocycles. The van der Waals surface area contributed by atoms with Crippen LogP contribution in [0.15, 0.2) is 24.3 Å². The summed E-state index contributed by atoms with van der Waals surface area (Å²) in [4.78, 5) is 47.0. The van der Waals surface area contributed by atoms with Crippen molar-refractivity contribution in [3.63, 3.8) is 0 Å². The molecule has 2 rings (SSSR count). The van der Waals surface area contributed by atoms with Crippen LogP contribution in [0.5, 0.6) is 5.75 Å². The summed E-state index contributed by atoms with van der Waals surface area (Å²) < 4.78 is 33.1. The molecule has 1 aromatic rings. The molecule has 0 radical (unpaired) electrons.